The van der Waals surface area contributed by atoms with E-state index >= 15 is 0 Å². The number of benzene rings is 1. The van der Waals surface area contributed by atoms with Gasteiger partial charge in [-0.2, -0.15) is 0 Å². The van der Waals surface area contributed by atoms with Crippen LogP contribution in [0.3, 0.4) is 0 Å². The predicted octanol–water partition coefficient (Wildman–Crippen LogP) is 3.89. The minimum absolute atomic E-state index is 0.106. The molecular formula is C13H15F2IO3. The van der Waals surface area contributed by atoms with E-state index in [1.807, 2.05) is 22.6 Å². The van der Waals surface area contributed by atoms with Crippen LogP contribution >= 0.6 is 22.6 Å². The third kappa shape index (κ3) is 5.71. The summed E-state index contributed by atoms with van der Waals surface area (Å²) in [7, 11) is 0. The minimum Gasteiger partial charge on any atom is -0.487 e. The van der Waals surface area contributed by atoms with Crippen LogP contribution in [0.5, 0.6) is 5.75 Å². The second-order valence-corrected chi connectivity index (χ2v) is 6.09. The first-order valence-electron chi connectivity index (χ1n) is 5.63. The van der Waals surface area contributed by atoms with E-state index in [9.17, 15) is 13.6 Å². The molecule has 0 N–H and O–H groups in total. The molecule has 0 aliphatic carbocycles. The van der Waals surface area contributed by atoms with Gasteiger partial charge in [0, 0.05) is 3.57 Å². The van der Waals surface area contributed by atoms with Crippen LogP contribution in [-0.2, 0) is 4.74 Å². The summed E-state index contributed by atoms with van der Waals surface area (Å²) >= 11 is 2.02. The number of rotatable bonds is 4. The lowest BCUT2D eigenvalue weighted by atomic mass is 10.1. The molecule has 0 aliphatic heterocycles. The molecule has 3 nitrogen and oxygen atoms in total. The molecule has 0 atom stereocenters. The van der Waals surface area contributed by atoms with Gasteiger partial charge in [-0.1, -0.05) is 0 Å². The Morgan fingerprint density at radius 2 is 2.00 bits per heavy atom. The van der Waals surface area contributed by atoms with Crippen molar-refractivity contribution >= 4 is 28.6 Å². The molecule has 0 unspecified atom stereocenters. The van der Waals surface area contributed by atoms with Crippen LogP contribution in [-0.4, -0.2) is 24.6 Å². The third-order valence-electron chi connectivity index (χ3n) is 1.93. The molecule has 19 heavy (non-hydrogen) atoms. The molecule has 0 radical (unpaired) electrons. The quantitative estimate of drug-likeness (QED) is 0.584. The summed E-state index contributed by atoms with van der Waals surface area (Å²) in [4.78, 5) is 12.0. The van der Waals surface area contributed by atoms with E-state index < -0.39 is 24.6 Å². The molecule has 1 rings (SSSR count). The summed E-state index contributed by atoms with van der Waals surface area (Å²) in [5, 5.41) is 0. The standard InChI is InChI=1S/C13H15F2IO3/c1-13(2,3)19-12(17)9-6-8(16)4-5-10(9)18-7-11(14)15/h4-6,11H,7H2,1-3H3. The molecule has 0 saturated heterocycles. The molecule has 0 heterocycles. The monoisotopic (exact) mass is 384 g/mol. The molecular weight excluding hydrogens is 369 g/mol. The van der Waals surface area contributed by atoms with Gasteiger partial charge in [0.15, 0.2) is 0 Å². The van der Waals surface area contributed by atoms with Gasteiger partial charge < -0.3 is 9.47 Å². The Bertz CT molecular complexity index is 456. The van der Waals surface area contributed by atoms with E-state index in [4.69, 9.17) is 9.47 Å². The van der Waals surface area contributed by atoms with Gasteiger partial charge >= 0.3 is 5.97 Å². The molecule has 0 spiro atoms. The summed E-state index contributed by atoms with van der Waals surface area (Å²) in [6.45, 7) is 4.45. The average molecular weight is 384 g/mol. The van der Waals surface area contributed by atoms with Gasteiger partial charge in [0.2, 0.25) is 0 Å². The van der Waals surface area contributed by atoms with Crippen molar-refractivity contribution in [1.29, 1.82) is 0 Å². The summed E-state index contributed by atoms with van der Waals surface area (Å²) in [6.07, 6.45) is -2.59. The third-order valence-corrected chi connectivity index (χ3v) is 2.60. The van der Waals surface area contributed by atoms with Gasteiger partial charge in [0.25, 0.3) is 6.43 Å². The lowest BCUT2D eigenvalue weighted by molar-refractivity contribution is 0.00615. The van der Waals surface area contributed by atoms with Crippen molar-refractivity contribution in [2.24, 2.45) is 0 Å². The fourth-order valence-electron chi connectivity index (χ4n) is 1.27. The number of esters is 1. The van der Waals surface area contributed by atoms with Crippen LogP contribution in [0.15, 0.2) is 18.2 Å². The van der Waals surface area contributed by atoms with Crippen LogP contribution in [0, 0.1) is 3.57 Å². The average Bonchev–Trinajstić information content (AvgIpc) is 2.24. The summed E-state index contributed by atoms with van der Waals surface area (Å²) in [5.74, 6) is -0.481. The van der Waals surface area contributed by atoms with Gasteiger partial charge in [0.05, 0.1) is 0 Å². The van der Waals surface area contributed by atoms with Crippen LogP contribution in [0.25, 0.3) is 0 Å². The highest BCUT2D eigenvalue weighted by Gasteiger charge is 2.22. The van der Waals surface area contributed by atoms with Crippen LogP contribution in [0.1, 0.15) is 31.1 Å². The maximum absolute atomic E-state index is 12.2. The fraction of sp³-hybridized carbons (Fsp3) is 0.462. The SMILES string of the molecule is CC(C)(C)OC(=O)c1cc(I)ccc1OCC(F)F. The Hall–Kier alpha value is -0.920. The molecule has 0 amide bonds. The van der Waals surface area contributed by atoms with Gasteiger partial charge in [-0.25, -0.2) is 13.6 Å². The number of hydrogen-bond donors (Lipinski definition) is 0. The van der Waals surface area contributed by atoms with Crippen molar-refractivity contribution in [2.45, 2.75) is 32.8 Å². The lowest BCUT2D eigenvalue weighted by Gasteiger charge is -2.20. The first-order valence-corrected chi connectivity index (χ1v) is 6.71. The summed E-state index contributed by atoms with van der Waals surface area (Å²) in [5.41, 5.74) is -0.499. The Balaban J connectivity index is 2.96. The van der Waals surface area contributed by atoms with E-state index in [2.05, 4.69) is 0 Å². The Labute approximate surface area is 124 Å². The van der Waals surface area contributed by atoms with Crippen LogP contribution < -0.4 is 4.74 Å². The van der Waals surface area contributed by atoms with Gasteiger partial charge in [-0.3, -0.25) is 0 Å². The van der Waals surface area contributed by atoms with Gasteiger partial charge in [-0.15, -0.1) is 0 Å². The largest absolute Gasteiger partial charge is 0.487 e. The normalized spacial score (nSPS) is 11.5. The van der Waals surface area contributed by atoms with Gasteiger partial charge in [0.1, 0.15) is 23.5 Å². The zero-order chi connectivity index (χ0) is 14.6. The van der Waals surface area contributed by atoms with E-state index in [0.717, 1.165) is 3.57 Å². The maximum atomic E-state index is 12.2. The topological polar surface area (TPSA) is 35.5 Å². The molecule has 0 bridgehead atoms. The molecule has 1 aromatic rings. The Morgan fingerprint density at radius 1 is 1.37 bits per heavy atom. The summed E-state index contributed by atoms with van der Waals surface area (Å²) in [6, 6.07) is 4.72. The van der Waals surface area contributed by atoms with Crippen LogP contribution in [0.2, 0.25) is 0 Å². The summed E-state index contributed by atoms with van der Waals surface area (Å²) < 4.78 is 35.3. The second-order valence-electron chi connectivity index (χ2n) is 4.84. The number of carbonyl (C=O) groups is 1. The zero-order valence-electron chi connectivity index (χ0n) is 10.9. The number of carbonyl (C=O) groups excluding carboxylic acids is 1. The fourth-order valence-corrected chi connectivity index (χ4v) is 1.76. The van der Waals surface area contributed by atoms with Crippen molar-refractivity contribution in [3.8, 4) is 5.75 Å². The first kappa shape index (κ1) is 16.1. The van der Waals surface area contributed by atoms with Gasteiger partial charge in [-0.05, 0) is 61.6 Å². The Morgan fingerprint density at radius 3 is 2.53 bits per heavy atom. The minimum atomic E-state index is -2.59. The predicted molar refractivity (Wildman–Crippen MR) is 75.8 cm³/mol. The van der Waals surface area contributed by atoms with Crippen molar-refractivity contribution < 1.29 is 23.0 Å². The highest BCUT2D eigenvalue weighted by molar-refractivity contribution is 14.1. The molecule has 6 heteroatoms. The highest BCUT2D eigenvalue weighted by Crippen LogP contribution is 2.24. The zero-order valence-corrected chi connectivity index (χ0v) is 13.0. The van der Waals surface area contributed by atoms with Crippen molar-refractivity contribution in [3.63, 3.8) is 0 Å². The molecule has 0 aliphatic rings. The van der Waals surface area contributed by atoms with E-state index in [-0.39, 0.29) is 11.3 Å². The van der Waals surface area contributed by atoms with E-state index in [0.29, 0.717) is 0 Å². The number of alkyl halides is 2. The maximum Gasteiger partial charge on any atom is 0.342 e. The number of hydrogen-bond acceptors (Lipinski definition) is 3. The molecule has 106 valence electrons. The van der Waals surface area contributed by atoms with Crippen molar-refractivity contribution in [1.82, 2.24) is 0 Å². The molecule has 1 aromatic carbocycles. The van der Waals surface area contributed by atoms with Crippen molar-refractivity contribution in [2.75, 3.05) is 6.61 Å². The smallest absolute Gasteiger partial charge is 0.342 e. The van der Waals surface area contributed by atoms with Crippen molar-refractivity contribution in [3.05, 3.63) is 27.3 Å². The number of halogens is 3. The van der Waals surface area contributed by atoms with E-state index in [1.165, 1.54) is 6.07 Å². The molecule has 0 fully saturated rings. The molecule has 0 aromatic heterocycles. The molecule has 0 saturated carbocycles. The second kappa shape index (κ2) is 6.49. The Kier molecular flexibility index (Phi) is 5.51. The highest BCUT2D eigenvalue weighted by atomic mass is 127. The first-order chi connectivity index (χ1) is 8.69. The number of ether oxygens (including phenoxy) is 2. The van der Waals surface area contributed by atoms with Crippen LogP contribution in [0.4, 0.5) is 8.78 Å². The van der Waals surface area contributed by atoms with E-state index in [1.54, 1.807) is 32.9 Å². The lowest BCUT2D eigenvalue weighted by Crippen LogP contribution is -2.24.